The van der Waals surface area contributed by atoms with E-state index in [9.17, 15) is 13.2 Å². The fourth-order valence-electron chi connectivity index (χ4n) is 3.47. The highest BCUT2D eigenvalue weighted by Crippen LogP contribution is 2.40. The van der Waals surface area contributed by atoms with E-state index >= 15 is 0 Å². The number of rotatable bonds is 4. The first kappa shape index (κ1) is 18.2. The molecule has 0 N–H and O–H groups in total. The van der Waals surface area contributed by atoms with Gasteiger partial charge in [0.05, 0.1) is 4.90 Å². The Morgan fingerprint density at radius 2 is 1.81 bits per heavy atom. The zero-order valence-corrected chi connectivity index (χ0v) is 16.3. The van der Waals surface area contributed by atoms with Gasteiger partial charge < -0.3 is 9.42 Å². The van der Waals surface area contributed by atoms with Crippen molar-refractivity contribution in [3.63, 3.8) is 0 Å². The molecule has 1 aliphatic carbocycles. The molecule has 27 heavy (non-hydrogen) atoms. The third kappa shape index (κ3) is 3.51. The smallest absolute Gasteiger partial charge is 0.276 e. The third-order valence-electron chi connectivity index (χ3n) is 5.20. The Hall–Kier alpha value is -2.19. The van der Waals surface area contributed by atoms with Crippen molar-refractivity contribution < 1.29 is 17.7 Å². The predicted octanol–water partition coefficient (Wildman–Crippen LogP) is 2.32. The molecule has 0 unspecified atom stereocenters. The van der Waals surface area contributed by atoms with E-state index in [2.05, 4.69) is 5.16 Å². The second-order valence-electron chi connectivity index (χ2n) is 7.35. The normalized spacial score (nSPS) is 18.7. The van der Waals surface area contributed by atoms with Crippen molar-refractivity contribution in [2.24, 2.45) is 0 Å². The minimum absolute atomic E-state index is 0.200. The van der Waals surface area contributed by atoms with Gasteiger partial charge in [-0.1, -0.05) is 22.9 Å². The lowest BCUT2D eigenvalue weighted by Gasteiger charge is -2.33. The van der Waals surface area contributed by atoms with Crippen LogP contribution in [0.25, 0.3) is 0 Å². The van der Waals surface area contributed by atoms with Crippen molar-refractivity contribution in [2.75, 3.05) is 26.2 Å². The SMILES string of the molecule is Cc1ccc(S(=O)(=O)N2CCN(C(=O)c3cc(C4CC4)on3)CC2)c(C)c1. The van der Waals surface area contributed by atoms with E-state index in [0.717, 1.165) is 29.7 Å². The van der Waals surface area contributed by atoms with Crippen LogP contribution in [-0.4, -0.2) is 54.9 Å². The van der Waals surface area contributed by atoms with Crippen LogP contribution in [0.15, 0.2) is 33.7 Å². The molecule has 1 saturated carbocycles. The molecule has 0 atom stereocenters. The van der Waals surface area contributed by atoms with E-state index in [0.29, 0.717) is 29.6 Å². The number of carbonyl (C=O) groups excluding carboxylic acids is 1. The highest BCUT2D eigenvalue weighted by atomic mass is 32.2. The maximum atomic E-state index is 12.9. The highest BCUT2D eigenvalue weighted by molar-refractivity contribution is 7.89. The van der Waals surface area contributed by atoms with Gasteiger partial charge in [0.1, 0.15) is 5.76 Å². The predicted molar refractivity (Wildman–Crippen MR) is 99.1 cm³/mol. The van der Waals surface area contributed by atoms with Crippen molar-refractivity contribution in [3.8, 4) is 0 Å². The Bertz CT molecular complexity index is 971. The zero-order valence-electron chi connectivity index (χ0n) is 15.5. The topological polar surface area (TPSA) is 83.7 Å². The van der Waals surface area contributed by atoms with Crippen LogP contribution in [0.3, 0.4) is 0 Å². The monoisotopic (exact) mass is 389 g/mol. The summed E-state index contributed by atoms with van der Waals surface area (Å²) in [7, 11) is -3.56. The molecule has 2 aliphatic rings. The van der Waals surface area contributed by atoms with Gasteiger partial charge in [0, 0.05) is 38.2 Å². The molecule has 7 nitrogen and oxygen atoms in total. The van der Waals surface area contributed by atoms with Crippen molar-refractivity contribution in [3.05, 3.63) is 46.8 Å². The average molecular weight is 389 g/mol. The van der Waals surface area contributed by atoms with Crippen LogP contribution in [0, 0.1) is 13.8 Å². The van der Waals surface area contributed by atoms with Crippen LogP contribution >= 0.6 is 0 Å². The van der Waals surface area contributed by atoms with Gasteiger partial charge in [0.25, 0.3) is 5.91 Å². The van der Waals surface area contributed by atoms with Gasteiger partial charge in [-0.05, 0) is 38.3 Å². The van der Waals surface area contributed by atoms with Crippen LogP contribution < -0.4 is 0 Å². The molecule has 2 fully saturated rings. The van der Waals surface area contributed by atoms with E-state index in [4.69, 9.17) is 4.52 Å². The van der Waals surface area contributed by atoms with Gasteiger partial charge in [-0.25, -0.2) is 8.42 Å². The third-order valence-corrected chi connectivity index (χ3v) is 7.26. The molecular formula is C19H23N3O4S. The van der Waals surface area contributed by atoms with Gasteiger partial charge in [-0.3, -0.25) is 4.79 Å². The molecule has 8 heteroatoms. The fourth-order valence-corrected chi connectivity index (χ4v) is 5.10. The molecule has 4 rings (SSSR count). The molecule has 1 aromatic carbocycles. The van der Waals surface area contributed by atoms with Crippen LogP contribution in [0.4, 0.5) is 0 Å². The number of hydrogen-bond acceptors (Lipinski definition) is 5. The lowest BCUT2D eigenvalue weighted by Crippen LogP contribution is -2.50. The van der Waals surface area contributed by atoms with E-state index in [1.54, 1.807) is 17.0 Å². The average Bonchev–Trinajstić information content (AvgIpc) is 3.38. The first-order valence-corrected chi connectivity index (χ1v) is 10.6. The van der Waals surface area contributed by atoms with Crippen molar-refractivity contribution in [1.82, 2.24) is 14.4 Å². The number of benzene rings is 1. The lowest BCUT2D eigenvalue weighted by atomic mass is 10.2. The van der Waals surface area contributed by atoms with E-state index in [-0.39, 0.29) is 19.0 Å². The largest absolute Gasteiger partial charge is 0.360 e. The minimum atomic E-state index is -3.56. The Kier molecular flexibility index (Phi) is 4.55. The molecule has 1 saturated heterocycles. The summed E-state index contributed by atoms with van der Waals surface area (Å²) in [6.45, 7) is 4.97. The van der Waals surface area contributed by atoms with E-state index in [1.807, 2.05) is 26.0 Å². The van der Waals surface area contributed by atoms with Crippen LogP contribution in [0.1, 0.15) is 46.1 Å². The standard InChI is InChI=1S/C19H23N3O4S/c1-13-3-6-18(14(2)11-13)27(24,25)22-9-7-21(8-10-22)19(23)16-12-17(26-20-16)15-4-5-15/h3,6,11-12,15H,4-5,7-10H2,1-2H3. The summed E-state index contributed by atoms with van der Waals surface area (Å²) in [5, 5.41) is 3.89. The Morgan fingerprint density at radius 3 is 2.44 bits per heavy atom. The van der Waals surface area contributed by atoms with Gasteiger partial charge >= 0.3 is 0 Å². The highest BCUT2D eigenvalue weighted by Gasteiger charge is 2.33. The molecule has 2 aromatic rings. The summed E-state index contributed by atoms with van der Waals surface area (Å²) in [6, 6.07) is 7.06. The zero-order chi connectivity index (χ0) is 19.2. The van der Waals surface area contributed by atoms with Gasteiger partial charge in [0.15, 0.2) is 5.69 Å². The summed E-state index contributed by atoms with van der Waals surface area (Å²) in [5.74, 6) is 0.974. The van der Waals surface area contributed by atoms with E-state index < -0.39 is 10.0 Å². The molecule has 0 bridgehead atoms. The number of piperazine rings is 1. The molecule has 1 amide bonds. The maximum absolute atomic E-state index is 12.9. The maximum Gasteiger partial charge on any atom is 0.276 e. The Labute approximate surface area is 159 Å². The van der Waals surface area contributed by atoms with Gasteiger partial charge in [-0.2, -0.15) is 4.31 Å². The molecule has 1 aliphatic heterocycles. The summed E-state index contributed by atoms with van der Waals surface area (Å²) in [5.41, 5.74) is 2.08. The van der Waals surface area contributed by atoms with Crippen molar-refractivity contribution in [1.29, 1.82) is 0 Å². The number of hydrogen-bond donors (Lipinski definition) is 0. The summed E-state index contributed by atoms with van der Waals surface area (Å²) >= 11 is 0. The Balaban J connectivity index is 1.43. The number of amides is 1. The number of aryl methyl sites for hydroxylation is 2. The summed E-state index contributed by atoms with van der Waals surface area (Å²) in [4.78, 5) is 14.6. The van der Waals surface area contributed by atoms with Gasteiger partial charge in [-0.15, -0.1) is 0 Å². The Morgan fingerprint density at radius 1 is 1.11 bits per heavy atom. The molecule has 144 valence electrons. The van der Waals surface area contributed by atoms with Crippen LogP contribution in [0.2, 0.25) is 0 Å². The molecule has 0 spiro atoms. The first-order valence-electron chi connectivity index (χ1n) is 9.19. The second-order valence-corrected chi connectivity index (χ2v) is 9.26. The number of carbonyl (C=O) groups is 1. The first-order chi connectivity index (χ1) is 12.9. The van der Waals surface area contributed by atoms with Gasteiger partial charge in [0.2, 0.25) is 10.0 Å². The number of sulfonamides is 1. The molecular weight excluding hydrogens is 366 g/mol. The quantitative estimate of drug-likeness (QED) is 0.801. The van der Waals surface area contributed by atoms with E-state index in [1.165, 1.54) is 4.31 Å². The second kappa shape index (κ2) is 6.76. The summed E-state index contributed by atoms with van der Waals surface area (Å²) in [6.07, 6.45) is 2.16. The van der Waals surface area contributed by atoms with Crippen molar-refractivity contribution >= 4 is 15.9 Å². The fraction of sp³-hybridized carbons (Fsp3) is 0.474. The number of aromatic nitrogens is 1. The van der Waals surface area contributed by atoms with Crippen molar-refractivity contribution in [2.45, 2.75) is 37.5 Å². The molecule has 1 aromatic heterocycles. The lowest BCUT2D eigenvalue weighted by molar-refractivity contribution is 0.0687. The van der Waals surface area contributed by atoms with Crippen LogP contribution in [0.5, 0.6) is 0 Å². The molecule has 0 radical (unpaired) electrons. The molecule has 2 heterocycles. The summed E-state index contributed by atoms with van der Waals surface area (Å²) < 4.78 is 32.6. The number of nitrogens with zero attached hydrogens (tertiary/aromatic N) is 3. The minimum Gasteiger partial charge on any atom is -0.360 e. The van der Waals surface area contributed by atoms with Crippen LogP contribution in [-0.2, 0) is 10.0 Å².